The van der Waals surface area contributed by atoms with Crippen molar-refractivity contribution in [2.75, 3.05) is 26.8 Å². The molecular weight excluding hydrogens is 248 g/mol. The van der Waals surface area contributed by atoms with Gasteiger partial charge in [0.25, 0.3) is 0 Å². The van der Waals surface area contributed by atoms with Gasteiger partial charge in [-0.3, -0.25) is 4.79 Å². The molecule has 2 amide bonds. The van der Waals surface area contributed by atoms with Crippen molar-refractivity contribution < 1.29 is 19.4 Å². The standard InChI is InChI=1S/C13H22N2O4/c1-19-9-10-3-6-15(8-10)12(18)14-13(4-2-5-13)7-11(16)17/h10H,2-9H2,1H3,(H,14,18)(H,16,17). The van der Waals surface area contributed by atoms with Crippen LogP contribution in [0.2, 0.25) is 0 Å². The first-order valence-electron chi connectivity index (χ1n) is 6.82. The first kappa shape index (κ1) is 14.1. The summed E-state index contributed by atoms with van der Waals surface area (Å²) in [6, 6.07) is -0.125. The molecule has 1 aliphatic heterocycles. The van der Waals surface area contributed by atoms with Crippen molar-refractivity contribution in [2.24, 2.45) is 5.92 Å². The summed E-state index contributed by atoms with van der Waals surface area (Å²) < 4.78 is 5.10. The van der Waals surface area contributed by atoms with E-state index in [9.17, 15) is 9.59 Å². The highest BCUT2D eigenvalue weighted by Crippen LogP contribution is 2.35. The quantitative estimate of drug-likeness (QED) is 0.783. The van der Waals surface area contributed by atoms with Crippen LogP contribution in [-0.4, -0.2) is 54.4 Å². The number of methoxy groups -OCH3 is 1. The molecule has 2 rings (SSSR count). The lowest BCUT2D eigenvalue weighted by atomic mass is 9.74. The number of ether oxygens (including phenoxy) is 1. The van der Waals surface area contributed by atoms with Crippen LogP contribution in [0.1, 0.15) is 32.1 Å². The normalized spacial score (nSPS) is 24.9. The van der Waals surface area contributed by atoms with Gasteiger partial charge >= 0.3 is 12.0 Å². The molecule has 0 aromatic heterocycles. The van der Waals surface area contributed by atoms with Crippen LogP contribution in [-0.2, 0) is 9.53 Å². The van der Waals surface area contributed by atoms with Crippen LogP contribution in [0.15, 0.2) is 0 Å². The fraction of sp³-hybridized carbons (Fsp3) is 0.846. The summed E-state index contributed by atoms with van der Waals surface area (Å²) in [5.41, 5.74) is -0.512. The number of hydrogen-bond acceptors (Lipinski definition) is 3. The highest BCUT2D eigenvalue weighted by molar-refractivity contribution is 5.77. The topological polar surface area (TPSA) is 78.9 Å². The molecule has 108 valence electrons. The number of nitrogens with zero attached hydrogens (tertiary/aromatic N) is 1. The Kier molecular flexibility index (Phi) is 4.29. The molecular formula is C13H22N2O4. The lowest BCUT2D eigenvalue weighted by molar-refractivity contribution is -0.139. The second kappa shape index (κ2) is 5.77. The van der Waals surface area contributed by atoms with Gasteiger partial charge in [0.05, 0.1) is 18.6 Å². The third-order valence-corrected chi connectivity index (χ3v) is 4.15. The zero-order chi connectivity index (χ0) is 13.9. The van der Waals surface area contributed by atoms with Crippen LogP contribution >= 0.6 is 0 Å². The van der Waals surface area contributed by atoms with Crippen molar-refractivity contribution in [2.45, 2.75) is 37.6 Å². The minimum atomic E-state index is -0.848. The average Bonchev–Trinajstić information content (AvgIpc) is 2.74. The van der Waals surface area contributed by atoms with Gasteiger partial charge in [0, 0.05) is 26.1 Å². The fourth-order valence-corrected chi connectivity index (χ4v) is 2.93. The third kappa shape index (κ3) is 3.37. The Morgan fingerprint density at radius 3 is 2.74 bits per heavy atom. The second-order valence-corrected chi connectivity index (χ2v) is 5.69. The number of rotatable bonds is 5. The molecule has 1 atom stereocenters. The highest BCUT2D eigenvalue weighted by Gasteiger charge is 2.41. The van der Waals surface area contributed by atoms with Gasteiger partial charge in [0.1, 0.15) is 0 Å². The first-order chi connectivity index (χ1) is 9.04. The molecule has 19 heavy (non-hydrogen) atoms. The van der Waals surface area contributed by atoms with Gasteiger partial charge in [-0.05, 0) is 25.7 Å². The third-order valence-electron chi connectivity index (χ3n) is 4.15. The van der Waals surface area contributed by atoms with Gasteiger partial charge in [-0.2, -0.15) is 0 Å². The first-order valence-corrected chi connectivity index (χ1v) is 6.82. The van der Waals surface area contributed by atoms with E-state index in [1.807, 2.05) is 0 Å². The zero-order valence-electron chi connectivity index (χ0n) is 11.4. The van der Waals surface area contributed by atoms with Gasteiger partial charge in [0.2, 0.25) is 0 Å². The summed E-state index contributed by atoms with van der Waals surface area (Å²) in [5, 5.41) is 11.9. The number of carbonyl (C=O) groups excluding carboxylic acids is 1. The average molecular weight is 270 g/mol. The number of nitrogens with one attached hydrogen (secondary N) is 1. The number of carboxylic acids is 1. The number of aliphatic carboxylic acids is 1. The summed E-state index contributed by atoms with van der Waals surface area (Å²) in [6.45, 7) is 2.09. The Hall–Kier alpha value is -1.30. The molecule has 6 heteroatoms. The molecule has 1 unspecified atom stereocenters. The van der Waals surface area contributed by atoms with E-state index in [2.05, 4.69) is 5.32 Å². The lowest BCUT2D eigenvalue weighted by Gasteiger charge is -2.42. The molecule has 0 bridgehead atoms. The predicted molar refractivity (Wildman–Crippen MR) is 68.9 cm³/mol. The van der Waals surface area contributed by atoms with Crippen molar-refractivity contribution in [3.63, 3.8) is 0 Å². The highest BCUT2D eigenvalue weighted by atomic mass is 16.5. The molecule has 1 saturated carbocycles. The molecule has 1 saturated heterocycles. The Morgan fingerprint density at radius 2 is 2.21 bits per heavy atom. The van der Waals surface area contributed by atoms with E-state index < -0.39 is 11.5 Å². The molecule has 0 spiro atoms. The van der Waals surface area contributed by atoms with Crippen LogP contribution < -0.4 is 5.32 Å². The van der Waals surface area contributed by atoms with Crippen molar-refractivity contribution in [1.29, 1.82) is 0 Å². The molecule has 1 heterocycles. The maximum atomic E-state index is 12.2. The predicted octanol–water partition coefficient (Wildman–Crippen LogP) is 1.06. The van der Waals surface area contributed by atoms with Gasteiger partial charge < -0.3 is 20.1 Å². The number of likely N-dealkylation sites (tertiary alicyclic amines) is 1. The van der Waals surface area contributed by atoms with Gasteiger partial charge in [0.15, 0.2) is 0 Å². The molecule has 6 nitrogen and oxygen atoms in total. The number of carboxylic acid groups (broad SMARTS) is 1. The second-order valence-electron chi connectivity index (χ2n) is 5.69. The largest absolute Gasteiger partial charge is 0.481 e. The Morgan fingerprint density at radius 1 is 1.47 bits per heavy atom. The van der Waals surface area contributed by atoms with Crippen molar-refractivity contribution in [3.8, 4) is 0 Å². The Bertz CT molecular complexity index is 355. The van der Waals surface area contributed by atoms with Crippen LogP contribution in [0, 0.1) is 5.92 Å². The summed E-state index contributed by atoms with van der Waals surface area (Å²) in [5.74, 6) is -0.453. The number of urea groups is 1. The monoisotopic (exact) mass is 270 g/mol. The van der Waals surface area contributed by atoms with Crippen LogP contribution in [0.3, 0.4) is 0 Å². The summed E-state index contributed by atoms with van der Waals surface area (Å²) in [6.07, 6.45) is 3.49. The molecule has 0 radical (unpaired) electrons. The van der Waals surface area contributed by atoms with E-state index in [0.717, 1.165) is 32.2 Å². The molecule has 2 aliphatic rings. The van der Waals surface area contributed by atoms with Crippen molar-refractivity contribution in [3.05, 3.63) is 0 Å². The fourth-order valence-electron chi connectivity index (χ4n) is 2.93. The van der Waals surface area contributed by atoms with Gasteiger partial charge in [-0.25, -0.2) is 4.79 Å². The maximum absolute atomic E-state index is 12.2. The molecule has 1 aliphatic carbocycles. The van der Waals surface area contributed by atoms with E-state index >= 15 is 0 Å². The molecule has 0 aromatic rings. The summed E-state index contributed by atoms with van der Waals surface area (Å²) in [4.78, 5) is 24.8. The number of carbonyl (C=O) groups is 2. The Labute approximate surface area is 113 Å². The van der Waals surface area contributed by atoms with E-state index in [1.165, 1.54) is 0 Å². The number of hydrogen-bond donors (Lipinski definition) is 2. The summed E-state index contributed by atoms with van der Waals surface area (Å²) in [7, 11) is 1.67. The van der Waals surface area contributed by atoms with Crippen LogP contribution in [0.5, 0.6) is 0 Å². The molecule has 2 fully saturated rings. The SMILES string of the molecule is COCC1CCN(C(=O)NC2(CC(=O)O)CCC2)C1. The minimum absolute atomic E-state index is 0.0219. The number of amides is 2. The molecule has 0 aromatic carbocycles. The van der Waals surface area contributed by atoms with E-state index in [1.54, 1.807) is 12.0 Å². The van der Waals surface area contributed by atoms with E-state index in [4.69, 9.17) is 9.84 Å². The summed E-state index contributed by atoms with van der Waals surface area (Å²) >= 11 is 0. The minimum Gasteiger partial charge on any atom is -0.481 e. The smallest absolute Gasteiger partial charge is 0.317 e. The van der Waals surface area contributed by atoms with E-state index in [0.29, 0.717) is 19.1 Å². The van der Waals surface area contributed by atoms with Gasteiger partial charge in [-0.15, -0.1) is 0 Å². The van der Waals surface area contributed by atoms with Crippen molar-refractivity contribution in [1.82, 2.24) is 10.2 Å². The van der Waals surface area contributed by atoms with E-state index in [-0.39, 0.29) is 12.5 Å². The van der Waals surface area contributed by atoms with Gasteiger partial charge in [-0.1, -0.05) is 0 Å². The zero-order valence-corrected chi connectivity index (χ0v) is 11.4. The lowest BCUT2D eigenvalue weighted by Crippen LogP contribution is -2.57. The van der Waals surface area contributed by atoms with Crippen molar-refractivity contribution >= 4 is 12.0 Å². The Balaban J connectivity index is 1.85. The van der Waals surface area contributed by atoms with Crippen LogP contribution in [0.25, 0.3) is 0 Å². The molecule has 2 N–H and O–H groups in total. The van der Waals surface area contributed by atoms with Crippen LogP contribution in [0.4, 0.5) is 4.79 Å². The maximum Gasteiger partial charge on any atom is 0.317 e.